The van der Waals surface area contributed by atoms with E-state index in [4.69, 9.17) is 13.6 Å². The highest BCUT2D eigenvalue weighted by Gasteiger charge is 2.50. The van der Waals surface area contributed by atoms with Gasteiger partial charge < -0.3 is 13.6 Å². The standard InChI is InChI=1S/C34H62O6Si2/c1-23-18-17-19-24(2)30(40-42(15,16)33(8,9)10)25(3)31(37)34(11,12)28(39-41(13,14)32(5,6)7)22-29(36)38-27(21-20-23)26(4)35/h17,19-20,24-25,27-28,30H,18,21-22H2,1-16H3/b19-17+,23-20?/t24-,25+,27-,28-,30-/m0/s1. The van der Waals surface area contributed by atoms with Crippen LogP contribution >= 0.6 is 0 Å². The van der Waals surface area contributed by atoms with E-state index in [-0.39, 0.29) is 40.1 Å². The van der Waals surface area contributed by atoms with Gasteiger partial charge in [-0.2, -0.15) is 0 Å². The van der Waals surface area contributed by atoms with Gasteiger partial charge in [-0.05, 0) is 62.5 Å². The zero-order valence-electron chi connectivity index (χ0n) is 29.7. The lowest BCUT2D eigenvalue weighted by atomic mass is 9.73. The molecule has 1 aliphatic rings. The molecule has 242 valence electrons. The summed E-state index contributed by atoms with van der Waals surface area (Å²) in [5.41, 5.74) is 0.0743. The van der Waals surface area contributed by atoms with Crippen LogP contribution in [0.2, 0.25) is 36.3 Å². The Morgan fingerprint density at radius 3 is 1.93 bits per heavy atom. The normalized spacial score (nSPS) is 28.6. The average Bonchev–Trinajstić information content (AvgIpc) is 2.81. The number of ether oxygens (including phenoxy) is 1. The molecule has 0 amide bonds. The third-order valence-electron chi connectivity index (χ3n) is 9.98. The van der Waals surface area contributed by atoms with E-state index in [2.05, 4.69) is 86.8 Å². The molecular weight excluding hydrogens is 561 g/mol. The first-order chi connectivity index (χ1) is 18.7. The summed E-state index contributed by atoms with van der Waals surface area (Å²) in [6, 6.07) is 0. The molecule has 0 unspecified atom stereocenters. The van der Waals surface area contributed by atoms with Crippen molar-refractivity contribution in [2.75, 3.05) is 0 Å². The largest absolute Gasteiger partial charge is 0.454 e. The van der Waals surface area contributed by atoms with Gasteiger partial charge in [-0.15, -0.1) is 0 Å². The number of hydrogen-bond acceptors (Lipinski definition) is 6. The maximum Gasteiger partial charge on any atom is 0.309 e. The van der Waals surface area contributed by atoms with Crippen LogP contribution in [0, 0.1) is 17.3 Å². The lowest BCUT2D eigenvalue weighted by Gasteiger charge is -2.46. The fourth-order valence-corrected chi connectivity index (χ4v) is 7.57. The van der Waals surface area contributed by atoms with Gasteiger partial charge in [-0.1, -0.05) is 93.0 Å². The Morgan fingerprint density at radius 1 is 0.952 bits per heavy atom. The monoisotopic (exact) mass is 622 g/mol. The molecule has 0 fully saturated rings. The van der Waals surface area contributed by atoms with Crippen molar-refractivity contribution in [3.05, 3.63) is 23.8 Å². The Labute approximate surface area is 259 Å². The van der Waals surface area contributed by atoms with Gasteiger partial charge in [0.1, 0.15) is 5.78 Å². The Morgan fingerprint density at radius 2 is 1.45 bits per heavy atom. The predicted octanol–water partition coefficient (Wildman–Crippen LogP) is 8.82. The molecule has 0 aromatic carbocycles. The summed E-state index contributed by atoms with van der Waals surface area (Å²) in [6.45, 7) is 33.1. The minimum Gasteiger partial charge on any atom is -0.454 e. The fraction of sp³-hybridized carbons (Fsp3) is 0.794. The van der Waals surface area contributed by atoms with Crippen molar-refractivity contribution in [2.45, 2.75) is 157 Å². The highest BCUT2D eigenvalue weighted by molar-refractivity contribution is 6.74. The highest BCUT2D eigenvalue weighted by atomic mass is 28.4. The second kappa shape index (κ2) is 14.2. The number of hydrogen-bond donors (Lipinski definition) is 0. The van der Waals surface area contributed by atoms with Crippen LogP contribution in [0.15, 0.2) is 23.8 Å². The summed E-state index contributed by atoms with van der Waals surface area (Å²) < 4.78 is 19.6. The number of cyclic esters (lactones) is 1. The quantitative estimate of drug-likeness (QED) is 0.173. The maximum absolute atomic E-state index is 14.6. The molecule has 0 bridgehead atoms. The second-order valence-corrected chi connectivity index (χ2v) is 25.7. The molecule has 0 spiro atoms. The average molecular weight is 623 g/mol. The van der Waals surface area contributed by atoms with Crippen LogP contribution < -0.4 is 0 Å². The zero-order chi connectivity index (χ0) is 33.1. The molecule has 6 nitrogen and oxygen atoms in total. The molecule has 1 rings (SSSR count). The first kappa shape index (κ1) is 38.7. The summed E-state index contributed by atoms with van der Waals surface area (Å²) in [6.07, 6.45) is 5.27. The van der Waals surface area contributed by atoms with Gasteiger partial charge in [0.15, 0.2) is 28.5 Å². The fourth-order valence-electron chi connectivity index (χ4n) is 4.68. The van der Waals surface area contributed by atoms with E-state index in [1.54, 1.807) is 0 Å². The summed E-state index contributed by atoms with van der Waals surface area (Å²) in [5.74, 6) is -1.16. The van der Waals surface area contributed by atoms with Gasteiger partial charge in [0, 0.05) is 17.8 Å². The molecule has 0 N–H and O–H groups in total. The number of ketones is 2. The van der Waals surface area contributed by atoms with Crippen molar-refractivity contribution in [1.29, 1.82) is 0 Å². The summed E-state index contributed by atoms with van der Waals surface area (Å²) in [4.78, 5) is 40.4. The van der Waals surface area contributed by atoms with Crippen LogP contribution in [-0.2, 0) is 28.0 Å². The molecule has 5 atom stereocenters. The summed E-state index contributed by atoms with van der Waals surface area (Å²) in [7, 11) is -4.62. The van der Waals surface area contributed by atoms with Gasteiger partial charge in [0.05, 0.1) is 18.6 Å². The van der Waals surface area contributed by atoms with Crippen molar-refractivity contribution in [3.8, 4) is 0 Å². The Bertz CT molecular complexity index is 1030. The third kappa shape index (κ3) is 10.1. The van der Waals surface area contributed by atoms with E-state index in [0.717, 1.165) is 5.57 Å². The lowest BCUT2D eigenvalue weighted by molar-refractivity contribution is -0.158. The van der Waals surface area contributed by atoms with E-state index in [9.17, 15) is 14.4 Å². The van der Waals surface area contributed by atoms with E-state index >= 15 is 0 Å². The molecule has 0 radical (unpaired) electrons. The molecule has 1 aliphatic heterocycles. The smallest absolute Gasteiger partial charge is 0.309 e. The number of esters is 1. The minimum atomic E-state index is -2.40. The summed E-state index contributed by atoms with van der Waals surface area (Å²) >= 11 is 0. The van der Waals surface area contributed by atoms with E-state index < -0.39 is 46.1 Å². The molecule has 8 heteroatoms. The van der Waals surface area contributed by atoms with E-state index in [1.165, 1.54) is 6.92 Å². The molecular formula is C34H62O6Si2. The van der Waals surface area contributed by atoms with Gasteiger partial charge in [0.2, 0.25) is 0 Å². The van der Waals surface area contributed by atoms with E-state index in [1.807, 2.05) is 33.8 Å². The molecule has 0 aliphatic carbocycles. The minimum absolute atomic E-state index is 0.00857. The first-order valence-corrected chi connectivity index (χ1v) is 21.5. The molecule has 42 heavy (non-hydrogen) atoms. The topological polar surface area (TPSA) is 78.9 Å². The number of Topliss-reactive ketones (excluding diaryl/α,β-unsaturated/α-hetero) is 2. The van der Waals surface area contributed by atoms with Gasteiger partial charge in [-0.3, -0.25) is 14.4 Å². The van der Waals surface area contributed by atoms with Crippen LogP contribution in [-0.4, -0.2) is 52.5 Å². The Kier molecular flexibility index (Phi) is 13.0. The molecule has 0 aromatic rings. The van der Waals surface area contributed by atoms with Crippen molar-refractivity contribution in [2.24, 2.45) is 17.3 Å². The molecule has 0 aromatic heterocycles. The van der Waals surface area contributed by atoms with Crippen LogP contribution in [0.25, 0.3) is 0 Å². The summed E-state index contributed by atoms with van der Waals surface area (Å²) in [5, 5.41) is -0.150. The van der Waals surface area contributed by atoms with Crippen molar-refractivity contribution < 1.29 is 28.0 Å². The maximum atomic E-state index is 14.6. The van der Waals surface area contributed by atoms with Crippen LogP contribution in [0.1, 0.15) is 102 Å². The predicted molar refractivity (Wildman–Crippen MR) is 179 cm³/mol. The highest BCUT2D eigenvalue weighted by Crippen LogP contribution is 2.44. The van der Waals surface area contributed by atoms with Gasteiger partial charge in [0.25, 0.3) is 0 Å². The zero-order valence-corrected chi connectivity index (χ0v) is 31.7. The SMILES string of the molecule is CC(=O)[C@@H]1CC=C(C)C/C=C/[C@H](C)[C@H](O[Si](C)(C)C(C)(C)C)[C@@H](C)C(=O)C(C)(C)[C@@H](O[Si](C)(C)C(C)(C)C)CC(=O)O1. The number of rotatable bonds is 5. The van der Waals surface area contributed by atoms with Crippen molar-refractivity contribution in [3.63, 3.8) is 0 Å². The molecule has 0 saturated carbocycles. The third-order valence-corrected chi connectivity index (χ3v) is 18.9. The Hall–Kier alpha value is -1.36. The van der Waals surface area contributed by atoms with Gasteiger partial charge in [-0.25, -0.2) is 0 Å². The molecule has 1 heterocycles. The lowest BCUT2D eigenvalue weighted by Crippen LogP contribution is -2.54. The Balaban J connectivity index is 3.77. The first-order valence-electron chi connectivity index (χ1n) is 15.7. The molecule has 0 saturated heterocycles. The second-order valence-electron chi connectivity index (χ2n) is 16.2. The number of carbonyl (C=O) groups is 3. The van der Waals surface area contributed by atoms with Crippen molar-refractivity contribution in [1.82, 2.24) is 0 Å². The van der Waals surface area contributed by atoms with Crippen LogP contribution in [0.5, 0.6) is 0 Å². The van der Waals surface area contributed by atoms with E-state index in [0.29, 0.717) is 12.8 Å². The number of carbonyl (C=O) groups excluding carboxylic acids is 3. The van der Waals surface area contributed by atoms with Crippen LogP contribution in [0.4, 0.5) is 0 Å². The van der Waals surface area contributed by atoms with Gasteiger partial charge >= 0.3 is 5.97 Å². The van der Waals surface area contributed by atoms with Crippen LogP contribution in [0.3, 0.4) is 0 Å². The number of allylic oxidation sites excluding steroid dienone is 2. The van der Waals surface area contributed by atoms with Crippen molar-refractivity contribution >= 4 is 34.2 Å².